The molecule has 0 saturated heterocycles. The Labute approximate surface area is 99.6 Å². The van der Waals surface area contributed by atoms with Gasteiger partial charge in [-0.25, -0.2) is 0 Å². The summed E-state index contributed by atoms with van der Waals surface area (Å²) < 4.78 is 17.8. The van der Waals surface area contributed by atoms with Gasteiger partial charge in [0, 0.05) is 16.9 Å². The van der Waals surface area contributed by atoms with Gasteiger partial charge in [0.25, 0.3) is 6.57 Å². The van der Waals surface area contributed by atoms with Gasteiger partial charge in [0.2, 0.25) is 0 Å². The zero-order valence-electron chi connectivity index (χ0n) is 8.56. The lowest BCUT2D eigenvalue weighted by molar-refractivity contribution is 0.353. The molecule has 1 atom stereocenters. The van der Waals surface area contributed by atoms with E-state index in [0.717, 1.165) is 5.30 Å². The number of benzene rings is 1. The summed E-state index contributed by atoms with van der Waals surface area (Å²) in [5, 5.41) is 0.752. The molecule has 0 aliphatic carbocycles. The summed E-state index contributed by atoms with van der Waals surface area (Å²) in [7, 11) is 0. The Morgan fingerprint density at radius 2 is 2.07 bits per heavy atom. The molecule has 0 fully saturated rings. The molecule has 0 aromatic heterocycles. The third-order valence-corrected chi connectivity index (χ3v) is 6.89. The van der Waals surface area contributed by atoms with E-state index in [0.29, 0.717) is 18.2 Å². The highest BCUT2D eigenvalue weighted by molar-refractivity contribution is 8.58. The second-order valence-corrected chi connectivity index (χ2v) is 7.80. The first-order valence-corrected chi connectivity index (χ1v) is 8.48. The topological polar surface area (TPSA) is 26.3 Å². The van der Waals surface area contributed by atoms with Crippen molar-refractivity contribution in [3.8, 4) is 0 Å². The van der Waals surface area contributed by atoms with E-state index in [4.69, 9.17) is 16.1 Å². The Kier molecular flexibility index (Phi) is 5.77. The van der Waals surface area contributed by atoms with Crippen LogP contribution in [0, 0.1) is 0 Å². The minimum Gasteiger partial charge on any atom is -0.318 e. The molecule has 1 aromatic rings. The fourth-order valence-corrected chi connectivity index (χ4v) is 5.58. The van der Waals surface area contributed by atoms with Gasteiger partial charge in [0.05, 0.1) is 6.61 Å². The highest BCUT2D eigenvalue weighted by Gasteiger charge is 2.25. The molecule has 2 nitrogen and oxygen atoms in total. The number of rotatable bonds is 6. The molecule has 5 heteroatoms. The third-order valence-electron chi connectivity index (χ3n) is 1.71. The molecule has 0 radical (unpaired) electrons. The van der Waals surface area contributed by atoms with Crippen molar-refractivity contribution in [2.75, 3.05) is 18.2 Å². The predicted octanol–water partition coefficient (Wildman–Crippen LogP) is 3.51. The third kappa shape index (κ3) is 3.84. The number of halogens is 1. The van der Waals surface area contributed by atoms with Crippen molar-refractivity contribution in [3.05, 3.63) is 30.3 Å². The summed E-state index contributed by atoms with van der Waals surface area (Å²) in [6, 6.07) is 9.28. The van der Waals surface area contributed by atoms with Crippen molar-refractivity contribution in [1.29, 1.82) is 0 Å². The maximum Gasteiger partial charge on any atom is 0.287 e. The van der Waals surface area contributed by atoms with Gasteiger partial charge in [-0.3, -0.25) is 4.57 Å². The average molecular weight is 265 g/mol. The van der Waals surface area contributed by atoms with Crippen LogP contribution in [0.1, 0.15) is 6.92 Å². The van der Waals surface area contributed by atoms with Gasteiger partial charge in [0.15, 0.2) is 0 Å². The zero-order valence-corrected chi connectivity index (χ0v) is 11.0. The molecule has 0 aliphatic heterocycles. The van der Waals surface area contributed by atoms with Crippen molar-refractivity contribution in [2.45, 2.75) is 6.92 Å². The van der Waals surface area contributed by atoms with Crippen LogP contribution in [0.4, 0.5) is 0 Å². The number of hydrogen-bond acceptors (Lipinski definition) is 3. The minimum atomic E-state index is -2.76. The van der Waals surface area contributed by atoms with E-state index < -0.39 is 6.57 Å². The second-order valence-electron chi connectivity index (χ2n) is 2.77. The molecule has 15 heavy (non-hydrogen) atoms. The van der Waals surface area contributed by atoms with Crippen LogP contribution in [0.3, 0.4) is 0 Å². The Hall–Kier alpha value is 0.0500. The van der Waals surface area contributed by atoms with E-state index >= 15 is 0 Å². The SMILES string of the molecule is CCOP(=O)(SCCCl)c1ccccc1. The molecule has 0 aliphatic rings. The average Bonchev–Trinajstić information content (AvgIpc) is 2.28. The fraction of sp³-hybridized carbons (Fsp3) is 0.400. The van der Waals surface area contributed by atoms with E-state index in [-0.39, 0.29) is 0 Å². The fourth-order valence-electron chi connectivity index (χ4n) is 1.12. The Balaban J connectivity index is 2.86. The molecule has 0 heterocycles. The van der Waals surface area contributed by atoms with Crippen LogP contribution in [0.25, 0.3) is 0 Å². The van der Waals surface area contributed by atoms with E-state index in [1.165, 1.54) is 11.4 Å². The summed E-state index contributed by atoms with van der Waals surface area (Å²) >= 11 is 6.90. The Morgan fingerprint density at radius 3 is 2.60 bits per heavy atom. The number of hydrogen-bond donors (Lipinski definition) is 0. The quantitative estimate of drug-likeness (QED) is 0.581. The summed E-state index contributed by atoms with van der Waals surface area (Å²) in [5.41, 5.74) is 0. The Bertz CT molecular complexity index is 331. The molecule has 1 unspecified atom stereocenters. The Morgan fingerprint density at radius 1 is 1.40 bits per heavy atom. The van der Waals surface area contributed by atoms with Crippen LogP contribution >= 0.6 is 29.6 Å². The van der Waals surface area contributed by atoms with Crippen molar-refractivity contribution < 1.29 is 9.09 Å². The summed E-state index contributed by atoms with van der Waals surface area (Å²) in [6.45, 7) is -0.466. The molecule has 0 amide bonds. The van der Waals surface area contributed by atoms with E-state index in [1.807, 2.05) is 37.3 Å². The number of alkyl halides is 1. The lowest BCUT2D eigenvalue weighted by atomic mass is 10.4. The highest BCUT2D eigenvalue weighted by atomic mass is 35.5. The van der Waals surface area contributed by atoms with Crippen molar-refractivity contribution in [3.63, 3.8) is 0 Å². The molecule has 84 valence electrons. The van der Waals surface area contributed by atoms with Gasteiger partial charge in [0.1, 0.15) is 0 Å². The van der Waals surface area contributed by atoms with Crippen molar-refractivity contribution >= 4 is 34.9 Å². The van der Waals surface area contributed by atoms with Crippen LogP contribution in [0.2, 0.25) is 0 Å². The van der Waals surface area contributed by atoms with Crippen LogP contribution in [-0.4, -0.2) is 18.2 Å². The zero-order chi connectivity index (χ0) is 11.1. The molecule has 0 bridgehead atoms. The van der Waals surface area contributed by atoms with Crippen LogP contribution in [-0.2, 0) is 9.09 Å². The first kappa shape index (κ1) is 13.1. The minimum absolute atomic E-state index is 0.446. The smallest absolute Gasteiger partial charge is 0.287 e. The molecular formula is C10H14ClO2PS. The molecule has 1 rings (SSSR count). The first-order chi connectivity index (χ1) is 7.23. The maximum atomic E-state index is 12.5. The van der Waals surface area contributed by atoms with E-state index in [1.54, 1.807) is 0 Å². The lowest BCUT2D eigenvalue weighted by Crippen LogP contribution is -2.05. The molecule has 0 N–H and O–H groups in total. The maximum absolute atomic E-state index is 12.5. The monoisotopic (exact) mass is 264 g/mol. The molecule has 1 aromatic carbocycles. The van der Waals surface area contributed by atoms with Crippen LogP contribution < -0.4 is 5.30 Å². The van der Waals surface area contributed by atoms with Gasteiger partial charge in [-0.05, 0) is 19.1 Å². The standard InChI is InChI=1S/C10H14ClO2PS/c1-2-13-14(12,15-9-8-11)10-6-4-3-5-7-10/h3-7H,2,8-9H2,1H3. The first-order valence-electron chi connectivity index (χ1n) is 4.73. The summed E-state index contributed by atoms with van der Waals surface area (Å²) in [4.78, 5) is 0. The predicted molar refractivity (Wildman–Crippen MR) is 68.5 cm³/mol. The van der Waals surface area contributed by atoms with Crippen LogP contribution in [0.5, 0.6) is 0 Å². The van der Waals surface area contributed by atoms with Crippen molar-refractivity contribution in [1.82, 2.24) is 0 Å². The largest absolute Gasteiger partial charge is 0.318 e. The lowest BCUT2D eigenvalue weighted by Gasteiger charge is -2.16. The molecule has 0 saturated carbocycles. The molecule has 0 spiro atoms. The van der Waals surface area contributed by atoms with E-state index in [2.05, 4.69) is 0 Å². The highest BCUT2D eigenvalue weighted by Crippen LogP contribution is 2.58. The van der Waals surface area contributed by atoms with E-state index in [9.17, 15) is 4.57 Å². The van der Waals surface area contributed by atoms with Gasteiger partial charge in [-0.1, -0.05) is 29.6 Å². The normalized spacial score (nSPS) is 14.8. The summed E-state index contributed by atoms with van der Waals surface area (Å²) in [5.74, 6) is 1.11. The van der Waals surface area contributed by atoms with Crippen molar-refractivity contribution in [2.24, 2.45) is 0 Å². The van der Waals surface area contributed by atoms with Gasteiger partial charge in [-0.15, -0.1) is 11.6 Å². The van der Waals surface area contributed by atoms with Gasteiger partial charge in [-0.2, -0.15) is 0 Å². The summed E-state index contributed by atoms with van der Waals surface area (Å²) in [6.07, 6.45) is 0. The molecular weight excluding hydrogens is 251 g/mol. The van der Waals surface area contributed by atoms with Crippen LogP contribution in [0.15, 0.2) is 30.3 Å². The second kappa shape index (κ2) is 6.59. The van der Waals surface area contributed by atoms with Gasteiger partial charge >= 0.3 is 0 Å². The van der Waals surface area contributed by atoms with Gasteiger partial charge < -0.3 is 4.52 Å².